The van der Waals surface area contributed by atoms with E-state index >= 15 is 0 Å². The van der Waals surface area contributed by atoms with E-state index in [2.05, 4.69) is 25.1 Å². The van der Waals surface area contributed by atoms with Crippen molar-refractivity contribution in [2.75, 3.05) is 0 Å². The van der Waals surface area contributed by atoms with Gasteiger partial charge < -0.3 is 0 Å². The molecule has 1 N–H and O–H groups in total. The fraction of sp³-hybridized carbons (Fsp3) is 0.0588. The minimum absolute atomic E-state index is 0.0105. The highest BCUT2D eigenvalue weighted by atomic mass is 15.1. The molecule has 22 heavy (non-hydrogen) atoms. The lowest BCUT2D eigenvalue weighted by Gasteiger charge is -2.04. The molecule has 5 nitrogen and oxygen atoms in total. The lowest BCUT2D eigenvalue weighted by atomic mass is 10.1. The Bertz CT molecular complexity index is 1200. The lowest BCUT2D eigenvalue weighted by molar-refractivity contribution is 1.08. The summed E-state index contributed by atoms with van der Waals surface area (Å²) in [5.74, 6) is 0. The molecule has 5 heteroatoms. The first-order chi connectivity index (χ1) is 12.9. The van der Waals surface area contributed by atoms with Gasteiger partial charge >= 0.3 is 0 Å². The quantitative estimate of drug-likeness (QED) is 0.615. The number of H-pyrrole nitrogens is 1. The highest BCUT2D eigenvalue weighted by Gasteiger charge is 2.12. The van der Waals surface area contributed by atoms with Gasteiger partial charge in [0.1, 0.15) is 0 Å². The molecule has 0 aliphatic rings. The summed E-state index contributed by atoms with van der Waals surface area (Å²) < 4.78 is 40.1. The van der Waals surface area contributed by atoms with Crippen molar-refractivity contribution < 1.29 is 6.85 Å². The van der Waals surface area contributed by atoms with E-state index < -0.39 is 6.17 Å². The van der Waals surface area contributed by atoms with Crippen LogP contribution in [0.3, 0.4) is 0 Å². The van der Waals surface area contributed by atoms with Crippen LogP contribution in [0.4, 0.5) is 0 Å². The van der Waals surface area contributed by atoms with Crippen LogP contribution in [0.25, 0.3) is 33.7 Å². The van der Waals surface area contributed by atoms with Crippen molar-refractivity contribution in [1.82, 2.24) is 25.1 Å². The summed E-state index contributed by atoms with van der Waals surface area (Å²) in [6, 6.07) is 4.40. The van der Waals surface area contributed by atoms with Gasteiger partial charge in [0.25, 0.3) is 0 Å². The first-order valence-corrected chi connectivity index (χ1v) is 6.61. The van der Waals surface area contributed by atoms with Crippen LogP contribution in [0, 0.1) is 6.92 Å². The molecular weight excluding hydrogens is 274 g/mol. The zero-order valence-corrected chi connectivity index (χ0v) is 11.6. The summed E-state index contributed by atoms with van der Waals surface area (Å²) in [5, 5.41) is 6.88. The predicted octanol–water partition coefficient (Wildman–Crippen LogP) is 3.39. The van der Waals surface area contributed by atoms with Crippen LogP contribution in [-0.4, -0.2) is 25.1 Å². The number of hydrogen-bond donors (Lipinski definition) is 1. The molecule has 4 heterocycles. The Morgan fingerprint density at radius 2 is 2.00 bits per heavy atom. The molecule has 0 amide bonds. The molecular formula is C17H13N5. The second-order valence-corrected chi connectivity index (χ2v) is 4.70. The van der Waals surface area contributed by atoms with Gasteiger partial charge in [-0.1, -0.05) is 6.07 Å². The molecule has 0 aromatic carbocycles. The number of nitrogens with zero attached hydrogens (tertiary/aromatic N) is 4. The van der Waals surface area contributed by atoms with Crippen LogP contribution >= 0.6 is 0 Å². The molecule has 0 atom stereocenters. The van der Waals surface area contributed by atoms with Gasteiger partial charge in [0.15, 0.2) is 0 Å². The number of nitrogens with one attached hydrogen (secondary N) is 1. The highest BCUT2D eigenvalue weighted by molar-refractivity contribution is 5.82. The number of aryl methyl sites for hydroxylation is 1. The predicted molar refractivity (Wildman–Crippen MR) is 85.1 cm³/mol. The molecule has 0 radical (unpaired) electrons. The maximum atomic E-state index is 8.33. The van der Waals surface area contributed by atoms with Gasteiger partial charge in [-0.25, -0.2) is 4.98 Å². The highest BCUT2D eigenvalue weighted by Crippen LogP contribution is 2.28. The van der Waals surface area contributed by atoms with Crippen molar-refractivity contribution >= 4 is 11.0 Å². The molecule has 0 unspecified atom stereocenters. The van der Waals surface area contributed by atoms with Gasteiger partial charge in [0.2, 0.25) is 0 Å². The number of pyridine rings is 3. The average Bonchev–Trinajstić information content (AvgIpc) is 3.13. The Kier molecular flexibility index (Phi) is 1.92. The second kappa shape index (κ2) is 5.04. The smallest absolute Gasteiger partial charge is 0.0928 e. The number of rotatable bonds is 2. The summed E-state index contributed by atoms with van der Waals surface area (Å²) in [7, 11) is 0. The third-order valence-corrected chi connectivity index (χ3v) is 3.19. The van der Waals surface area contributed by atoms with Gasteiger partial charge in [-0.3, -0.25) is 15.1 Å². The van der Waals surface area contributed by atoms with E-state index in [9.17, 15) is 0 Å². The van der Waals surface area contributed by atoms with Gasteiger partial charge in [-0.15, -0.1) is 0 Å². The molecule has 4 aromatic heterocycles. The minimum atomic E-state index is -0.414. The Balaban J connectivity index is 2.02. The van der Waals surface area contributed by atoms with Crippen molar-refractivity contribution in [3.8, 4) is 22.6 Å². The van der Waals surface area contributed by atoms with E-state index in [-0.39, 0.29) is 40.9 Å². The molecule has 106 valence electrons. The third-order valence-electron chi connectivity index (χ3n) is 3.19. The summed E-state index contributed by atoms with van der Waals surface area (Å²) in [6.07, 6.45) is 1.07. The average molecular weight is 292 g/mol. The summed E-state index contributed by atoms with van der Waals surface area (Å²) >= 11 is 0. The van der Waals surface area contributed by atoms with E-state index in [0.29, 0.717) is 17.0 Å². The van der Waals surface area contributed by atoms with E-state index in [1.54, 1.807) is 6.07 Å². The summed E-state index contributed by atoms with van der Waals surface area (Å²) in [4.78, 5) is 12.7. The molecule has 0 fully saturated rings. The van der Waals surface area contributed by atoms with Gasteiger partial charge in [0, 0.05) is 17.4 Å². The monoisotopic (exact) mass is 292 g/mol. The molecule has 4 rings (SSSR count). The molecule has 0 aliphatic heterocycles. The van der Waals surface area contributed by atoms with E-state index in [0.717, 1.165) is 5.69 Å². The van der Waals surface area contributed by atoms with Crippen LogP contribution in [-0.2, 0) is 0 Å². The Hall–Kier alpha value is -3.08. The third kappa shape index (κ3) is 2.13. The van der Waals surface area contributed by atoms with E-state index in [1.165, 1.54) is 6.20 Å². The Morgan fingerprint density at radius 1 is 1.05 bits per heavy atom. The van der Waals surface area contributed by atoms with Crippen LogP contribution in [0.15, 0.2) is 54.7 Å². The number of hydrogen-bond acceptors (Lipinski definition) is 4. The fourth-order valence-electron chi connectivity index (χ4n) is 2.18. The molecule has 0 bridgehead atoms. The number of fused-ring (bicyclic) bond motifs is 1. The van der Waals surface area contributed by atoms with Gasteiger partial charge in [-0.05, 0) is 43.2 Å². The van der Waals surface area contributed by atoms with Crippen LogP contribution < -0.4 is 0 Å². The topological polar surface area (TPSA) is 67.3 Å². The molecule has 0 aliphatic carbocycles. The van der Waals surface area contributed by atoms with Crippen molar-refractivity contribution in [3.05, 3.63) is 60.4 Å². The van der Waals surface area contributed by atoms with Crippen molar-refractivity contribution in [3.63, 3.8) is 0 Å². The minimum Gasteiger partial charge on any atom is -0.276 e. The molecule has 0 spiro atoms. The second-order valence-electron chi connectivity index (χ2n) is 4.70. The van der Waals surface area contributed by atoms with E-state index in [1.807, 2.05) is 19.1 Å². The molecule has 0 saturated carbocycles. The summed E-state index contributed by atoms with van der Waals surface area (Å²) in [5.41, 5.74) is 2.56. The lowest BCUT2D eigenvalue weighted by Crippen LogP contribution is -1.91. The van der Waals surface area contributed by atoms with Crippen LogP contribution in [0.5, 0.6) is 0 Å². The van der Waals surface area contributed by atoms with Gasteiger partial charge in [0.05, 0.1) is 41.2 Å². The summed E-state index contributed by atoms with van der Waals surface area (Å²) in [6.45, 7) is 1.86. The van der Waals surface area contributed by atoms with Crippen molar-refractivity contribution in [2.45, 2.75) is 6.92 Å². The van der Waals surface area contributed by atoms with Crippen molar-refractivity contribution in [1.29, 1.82) is 0 Å². The number of aromatic amines is 1. The largest absolute Gasteiger partial charge is 0.276 e. The maximum Gasteiger partial charge on any atom is 0.0928 e. The zero-order valence-electron chi connectivity index (χ0n) is 16.6. The van der Waals surface area contributed by atoms with Gasteiger partial charge in [-0.2, -0.15) is 5.10 Å². The Morgan fingerprint density at radius 3 is 2.91 bits per heavy atom. The molecule has 0 saturated heterocycles. The number of aromatic nitrogens is 5. The van der Waals surface area contributed by atoms with Crippen molar-refractivity contribution in [2.24, 2.45) is 0 Å². The van der Waals surface area contributed by atoms with Crippen LogP contribution in [0.1, 0.15) is 12.5 Å². The maximum absolute atomic E-state index is 8.33. The normalized spacial score (nSPS) is 14.1. The fourth-order valence-corrected chi connectivity index (χ4v) is 2.18. The standard InChI is InChI=1S/C17H13N5/c1-11-4-2-5-16(20-11)17-12(10-19-22-17)13-7-8-14-15(21-13)6-3-9-18-14/h2-10H,1H3,(H,19,22)/i3D,6D,7D,8D,9D. The zero-order chi connectivity index (χ0) is 19.3. The van der Waals surface area contributed by atoms with Crippen LogP contribution in [0.2, 0.25) is 0 Å². The first-order valence-electron chi connectivity index (χ1n) is 9.11. The first kappa shape index (κ1) is 8.38. The van der Waals surface area contributed by atoms with E-state index in [4.69, 9.17) is 6.85 Å². The SMILES string of the molecule is [2H]c1nc2c([2H])c([2H])c(-c3cn[nH]c3-c3cccc(C)n3)nc2c([2H])c1[2H]. The Labute approximate surface area is 134 Å². The molecule has 4 aromatic rings.